The van der Waals surface area contributed by atoms with Gasteiger partial charge in [-0.1, -0.05) is 43.4 Å². The zero-order chi connectivity index (χ0) is 20.4. The number of hydrogen-bond donors (Lipinski definition) is 1. The fraction of sp³-hybridized carbons (Fsp3) is 0.350. The van der Waals surface area contributed by atoms with E-state index >= 15 is 0 Å². The van der Waals surface area contributed by atoms with Crippen molar-refractivity contribution < 1.29 is 14.3 Å². The first kappa shape index (κ1) is 20.3. The number of carbonyl (C=O) groups excluding carboxylic acids is 2. The first-order chi connectivity index (χ1) is 13.3. The first-order valence-corrected chi connectivity index (χ1v) is 10.5. The largest absolute Gasteiger partial charge is 0.451 e. The molecule has 0 aliphatic heterocycles. The van der Waals surface area contributed by atoms with Gasteiger partial charge in [0.1, 0.15) is 9.71 Å². The van der Waals surface area contributed by atoms with Crippen LogP contribution in [0.3, 0.4) is 0 Å². The molecule has 2 aromatic heterocycles. The van der Waals surface area contributed by atoms with E-state index in [1.54, 1.807) is 6.07 Å². The molecule has 0 aliphatic carbocycles. The van der Waals surface area contributed by atoms with Gasteiger partial charge in [-0.3, -0.25) is 4.79 Å². The minimum Gasteiger partial charge on any atom is -0.451 e. The van der Waals surface area contributed by atoms with Crippen LogP contribution < -0.4 is 10.2 Å². The smallest absolute Gasteiger partial charge is 0.348 e. The van der Waals surface area contributed by atoms with Gasteiger partial charge in [0, 0.05) is 19.8 Å². The molecule has 0 radical (unpaired) electrons. The van der Waals surface area contributed by atoms with Crippen LogP contribution in [0.2, 0.25) is 0 Å². The van der Waals surface area contributed by atoms with E-state index < -0.39 is 5.97 Å². The van der Waals surface area contributed by atoms with Crippen LogP contribution in [0.5, 0.6) is 0 Å². The van der Waals surface area contributed by atoms with Crippen LogP contribution in [-0.2, 0) is 9.53 Å². The van der Waals surface area contributed by atoms with Crippen molar-refractivity contribution in [3.05, 3.63) is 40.3 Å². The predicted octanol–water partition coefficient (Wildman–Crippen LogP) is 4.65. The SMILES string of the molecule is Cc1cccc(C(C)C)c1NC(=O)COC(=O)c1cc2sc(N(C)C)nc2s1. The summed E-state index contributed by atoms with van der Waals surface area (Å²) in [7, 11) is 3.85. The lowest BCUT2D eigenvalue weighted by Gasteiger charge is -2.16. The maximum Gasteiger partial charge on any atom is 0.348 e. The van der Waals surface area contributed by atoms with Gasteiger partial charge in [0.15, 0.2) is 11.7 Å². The summed E-state index contributed by atoms with van der Waals surface area (Å²) in [6, 6.07) is 7.68. The van der Waals surface area contributed by atoms with Gasteiger partial charge >= 0.3 is 5.97 Å². The van der Waals surface area contributed by atoms with Crippen molar-refractivity contribution in [3.63, 3.8) is 0 Å². The molecular formula is C20H23N3O3S2. The van der Waals surface area contributed by atoms with E-state index in [0.717, 1.165) is 31.5 Å². The molecule has 3 aromatic rings. The van der Waals surface area contributed by atoms with E-state index in [1.165, 1.54) is 22.7 Å². The fourth-order valence-electron chi connectivity index (χ4n) is 2.74. The fourth-order valence-corrected chi connectivity index (χ4v) is 4.76. The number of nitrogens with one attached hydrogen (secondary N) is 1. The maximum absolute atomic E-state index is 12.3. The third-order valence-corrected chi connectivity index (χ3v) is 6.50. The molecule has 2 heterocycles. The summed E-state index contributed by atoms with van der Waals surface area (Å²) in [5.41, 5.74) is 2.82. The van der Waals surface area contributed by atoms with Crippen LogP contribution >= 0.6 is 22.7 Å². The number of rotatable bonds is 6. The van der Waals surface area contributed by atoms with Crippen LogP contribution in [0.15, 0.2) is 24.3 Å². The Morgan fingerprint density at radius 3 is 2.64 bits per heavy atom. The summed E-state index contributed by atoms with van der Waals surface area (Å²) < 4.78 is 6.14. The number of fused-ring (bicyclic) bond motifs is 1. The summed E-state index contributed by atoms with van der Waals surface area (Å²) in [5.74, 6) is -0.585. The van der Waals surface area contributed by atoms with E-state index in [9.17, 15) is 9.59 Å². The van der Waals surface area contributed by atoms with Crippen LogP contribution in [0, 0.1) is 6.92 Å². The number of thiazole rings is 1. The number of benzene rings is 1. The van der Waals surface area contributed by atoms with Crippen molar-refractivity contribution in [3.8, 4) is 0 Å². The molecule has 0 atom stereocenters. The number of esters is 1. The number of hydrogen-bond acceptors (Lipinski definition) is 7. The molecule has 0 saturated carbocycles. The van der Waals surface area contributed by atoms with Gasteiger partial charge in [-0.2, -0.15) is 0 Å². The molecule has 8 heteroatoms. The Kier molecular flexibility index (Phi) is 6.00. The summed E-state index contributed by atoms with van der Waals surface area (Å²) in [6.07, 6.45) is 0. The molecule has 0 fully saturated rings. The van der Waals surface area contributed by atoms with E-state index in [4.69, 9.17) is 4.74 Å². The standard InChI is InChI=1S/C20H23N3O3S2/c1-11(2)13-8-6-7-12(3)17(13)21-16(24)10-26-19(25)15-9-14-18(27-15)22-20(28-14)23(4)5/h6-9,11H,10H2,1-5H3,(H,21,24). The predicted molar refractivity (Wildman–Crippen MR) is 116 cm³/mol. The van der Waals surface area contributed by atoms with Gasteiger partial charge in [0.25, 0.3) is 5.91 Å². The molecule has 148 valence electrons. The van der Waals surface area contributed by atoms with Crippen molar-refractivity contribution in [2.45, 2.75) is 26.7 Å². The summed E-state index contributed by atoms with van der Waals surface area (Å²) in [4.78, 5) is 32.3. The second-order valence-corrected chi connectivity index (χ2v) is 9.03. The third-order valence-electron chi connectivity index (χ3n) is 4.19. The van der Waals surface area contributed by atoms with Gasteiger partial charge in [-0.05, 0) is 30.0 Å². The number of amides is 1. The minimum absolute atomic E-state index is 0.274. The molecule has 3 rings (SSSR count). The Labute approximate surface area is 172 Å². The second kappa shape index (κ2) is 8.28. The topological polar surface area (TPSA) is 71.5 Å². The van der Waals surface area contributed by atoms with E-state index in [1.807, 2.05) is 44.1 Å². The number of anilines is 2. The monoisotopic (exact) mass is 417 g/mol. The number of para-hydroxylation sites is 1. The molecule has 1 N–H and O–H groups in total. The summed E-state index contributed by atoms with van der Waals surface area (Å²) >= 11 is 2.79. The lowest BCUT2D eigenvalue weighted by atomic mass is 9.98. The van der Waals surface area contributed by atoms with Gasteiger partial charge in [-0.25, -0.2) is 9.78 Å². The Balaban J connectivity index is 1.63. The van der Waals surface area contributed by atoms with E-state index in [2.05, 4.69) is 24.1 Å². The van der Waals surface area contributed by atoms with Crippen LogP contribution in [0.4, 0.5) is 10.8 Å². The van der Waals surface area contributed by atoms with E-state index in [-0.39, 0.29) is 18.4 Å². The van der Waals surface area contributed by atoms with Crippen LogP contribution in [0.1, 0.15) is 40.6 Å². The number of aryl methyl sites for hydroxylation is 1. The number of aromatic nitrogens is 1. The van der Waals surface area contributed by atoms with Crippen molar-refractivity contribution in [2.75, 3.05) is 30.9 Å². The normalized spacial score (nSPS) is 11.1. The highest BCUT2D eigenvalue weighted by atomic mass is 32.1. The van der Waals surface area contributed by atoms with Crippen LogP contribution in [-0.4, -0.2) is 37.6 Å². The molecule has 0 aliphatic rings. The highest BCUT2D eigenvalue weighted by molar-refractivity contribution is 7.29. The molecular weight excluding hydrogens is 394 g/mol. The number of thiophene rings is 1. The quantitative estimate of drug-likeness (QED) is 0.591. The molecule has 0 unspecified atom stereocenters. The minimum atomic E-state index is -0.509. The zero-order valence-corrected chi connectivity index (χ0v) is 18.2. The molecule has 0 spiro atoms. The molecule has 6 nitrogen and oxygen atoms in total. The molecule has 1 aromatic carbocycles. The highest BCUT2D eigenvalue weighted by Gasteiger charge is 2.18. The molecule has 0 bridgehead atoms. The second-order valence-electron chi connectivity index (χ2n) is 6.99. The molecule has 1 amide bonds. The van der Waals surface area contributed by atoms with Crippen molar-refractivity contribution in [2.24, 2.45) is 0 Å². The van der Waals surface area contributed by atoms with Gasteiger partial charge in [0.05, 0.1) is 4.70 Å². The van der Waals surface area contributed by atoms with Gasteiger partial charge < -0.3 is 15.0 Å². The van der Waals surface area contributed by atoms with Crippen molar-refractivity contribution in [1.82, 2.24) is 4.98 Å². The Morgan fingerprint density at radius 2 is 2.00 bits per heavy atom. The van der Waals surface area contributed by atoms with Gasteiger partial charge in [0.2, 0.25) is 0 Å². The van der Waals surface area contributed by atoms with Gasteiger partial charge in [-0.15, -0.1) is 11.3 Å². The van der Waals surface area contributed by atoms with Crippen LogP contribution in [0.25, 0.3) is 9.53 Å². The van der Waals surface area contributed by atoms with Crippen molar-refractivity contribution in [1.29, 1.82) is 0 Å². The maximum atomic E-state index is 12.3. The lowest BCUT2D eigenvalue weighted by Crippen LogP contribution is -2.22. The number of carbonyl (C=O) groups is 2. The average Bonchev–Trinajstić information content (AvgIpc) is 3.20. The van der Waals surface area contributed by atoms with Crippen molar-refractivity contribution >= 4 is 54.9 Å². The Hall–Kier alpha value is -2.45. The summed E-state index contributed by atoms with van der Waals surface area (Å²) in [5, 5.41) is 3.77. The Bertz CT molecular complexity index is 990. The number of nitrogens with zero attached hydrogens (tertiary/aromatic N) is 2. The molecule has 0 saturated heterocycles. The lowest BCUT2D eigenvalue weighted by molar-refractivity contribution is -0.119. The average molecular weight is 418 g/mol. The first-order valence-electron chi connectivity index (χ1n) is 8.90. The highest BCUT2D eigenvalue weighted by Crippen LogP contribution is 2.34. The zero-order valence-electron chi connectivity index (χ0n) is 16.5. The summed E-state index contributed by atoms with van der Waals surface area (Å²) in [6.45, 7) is 5.76. The van der Waals surface area contributed by atoms with E-state index in [0.29, 0.717) is 4.88 Å². The Morgan fingerprint density at radius 1 is 1.25 bits per heavy atom. The third kappa shape index (κ3) is 4.34. The molecule has 28 heavy (non-hydrogen) atoms. The number of ether oxygens (including phenoxy) is 1.